The van der Waals surface area contributed by atoms with Crippen LogP contribution >= 0.6 is 23.2 Å². The molecule has 2 aromatic carbocycles. The molecule has 0 amide bonds. The standard InChI is InChI=1S/C12H8Cl2FNO/c13-8-2-1-3-11(12(8)14)17-10-5-4-7(16)6-9(10)15/h1-6H,16H2. The predicted octanol–water partition coefficient (Wildman–Crippen LogP) is 4.51. The smallest absolute Gasteiger partial charge is 0.167 e. The maximum Gasteiger partial charge on any atom is 0.167 e. The molecule has 17 heavy (non-hydrogen) atoms. The van der Waals surface area contributed by atoms with E-state index < -0.39 is 5.82 Å². The first-order valence-electron chi connectivity index (χ1n) is 4.75. The summed E-state index contributed by atoms with van der Waals surface area (Å²) in [6.07, 6.45) is 0. The Morgan fingerprint density at radius 2 is 1.82 bits per heavy atom. The van der Waals surface area contributed by atoms with Crippen molar-refractivity contribution < 1.29 is 9.13 Å². The third-order valence-electron chi connectivity index (χ3n) is 2.09. The third-order valence-corrected chi connectivity index (χ3v) is 2.89. The molecule has 2 aromatic rings. The van der Waals surface area contributed by atoms with Gasteiger partial charge in [0.15, 0.2) is 11.6 Å². The van der Waals surface area contributed by atoms with E-state index >= 15 is 0 Å². The Bertz CT molecular complexity index is 560. The highest BCUT2D eigenvalue weighted by Crippen LogP contribution is 2.35. The van der Waals surface area contributed by atoms with E-state index in [0.717, 1.165) is 0 Å². The molecule has 2 N–H and O–H groups in total. The number of halogens is 3. The molecule has 0 atom stereocenters. The Balaban J connectivity index is 2.35. The van der Waals surface area contributed by atoms with Crippen LogP contribution in [0, 0.1) is 5.82 Å². The van der Waals surface area contributed by atoms with Crippen molar-refractivity contribution in [2.75, 3.05) is 5.73 Å². The first-order chi connectivity index (χ1) is 8.08. The van der Waals surface area contributed by atoms with Gasteiger partial charge in [-0.05, 0) is 24.3 Å². The number of hydrogen-bond donors (Lipinski definition) is 1. The molecule has 0 aliphatic rings. The summed E-state index contributed by atoms with van der Waals surface area (Å²) in [4.78, 5) is 0. The van der Waals surface area contributed by atoms with Gasteiger partial charge in [-0.3, -0.25) is 0 Å². The van der Waals surface area contributed by atoms with Crippen molar-refractivity contribution in [3.63, 3.8) is 0 Å². The molecule has 88 valence electrons. The van der Waals surface area contributed by atoms with Gasteiger partial charge in [0, 0.05) is 11.8 Å². The van der Waals surface area contributed by atoms with Gasteiger partial charge in [0.25, 0.3) is 0 Å². The number of ether oxygens (including phenoxy) is 1. The zero-order valence-corrected chi connectivity index (χ0v) is 10.1. The van der Waals surface area contributed by atoms with E-state index in [1.54, 1.807) is 18.2 Å². The van der Waals surface area contributed by atoms with Gasteiger partial charge >= 0.3 is 0 Å². The average molecular weight is 272 g/mol. The lowest BCUT2D eigenvalue weighted by atomic mass is 10.3. The van der Waals surface area contributed by atoms with E-state index in [1.807, 2.05) is 0 Å². The molecule has 0 spiro atoms. The van der Waals surface area contributed by atoms with E-state index in [1.165, 1.54) is 18.2 Å². The number of nitrogen functional groups attached to an aromatic ring is 1. The van der Waals surface area contributed by atoms with Crippen LogP contribution in [0.4, 0.5) is 10.1 Å². The van der Waals surface area contributed by atoms with E-state index in [9.17, 15) is 4.39 Å². The highest BCUT2D eigenvalue weighted by Gasteiger charge is 2.09. The van der Waals surface area contributed by atoms with Crippen molar-refractivity contribution in [2.24, 2.45) is 0 Å². The molecule has 0 aromatic heterocycles. The zero-order chi connectivity index (χ0) is 12.4. The van der Waals surface area contributed by atoms with Crippen LogP contribution in [0.1, 0.15) is 0 Å². The number of nitrogens with two attached hydrogens (primary N) is 1. The first kappa shape index (κ1) is 12.0. The molecule has 0 aliphatic carbocycles. The van der Waals surface area contributed by atoms with Crippen molar-refractivity contribution in [1.82, 2.24) is 0 Å². The van der Waals surface area contributed by atoms with Crippen molar-refractivity contribution in [2.45, 2.75) is 0 Å². The van der Waals surface area contributed by atoms with Gasteiger partial charge < -0.3 is 10.5 Å². The summed E-state index contributed by atoms with van der Waals surface area (Å²) in [5.74, 6) is -0.216. The van der Waals surface area contributed by atoms with Gasteiger partial charge in [-0.15, -0.1) is 0 Å². The molecule has 5 heteroatoms. The minimum absolute atomic E-state index is 0.0448. The maximum absolute atomic E-state index is 13.5. The molecule has 0 fully saturated rings. The monoisotopic (exact) mass is 271 g/mol. The molecule has 2 rings (SSSR count). The summed E-state index contributed by atoms with van der Waals surface area (Å²) in [6.45, 7) is 0. The molecule has 0 unspecified atom stereocenters. The van der Waals surface area contributed by atoms with Crippen LogP contribution in [-0.4, -0.2) is 0 Å². The molecule has 0 heterocycles. The third kappa shape index (κ3) is 2.62. The summed E-state index contributed by atoms with van der Waals surface area (Å²) < 4.78 is 18.8. The van der Waals surface area contributed by atoms with Crippen molar-refractivity contribution in [1.29, 1.82) is 0 Å². The van der Waals surface area contributed by atoms with Gasteiger partial charge in [-0.25, -0.2) is 4.39 Å². The lowest BCUT2D eigenvalue weighted by molar-refractivity contribution is 0.443. The summed E-state index contributed by atoms with van der Waals surface area (Å²) in [5, 5.41) is 0.588. The lowest BCUT2D eigenvalue weighted by Gasteiger charge is -2.09. The zero-order valence-electron chi connectivity index (χ0n) is 8.58. The minimum Gasteiger partial charge on any atom is -0.453 e. The fourth-order valence-corrected chi connectivity index (χ4v) is 1.61. The summed E-state index contributed by atoms with van der Waals surface area (Å²) in [7, 11) is 0. The van der Waals surface area contributed by atoms with E-state index in [-0.39, 0.29) is 10.8 Å². The van der Waals surface area contributed by atoms with Gasteiger partial charge in [0.05, 0.1) is 5.02 Å². The summed E-state index contributed by atoms with van der Waals surface area (Å²) in [6, 6.07) is 9.03. The molecule has 0 bridgehead atoms. The second kappa shape index (κ2) is 4.82. The van der Waals surface area contributed by atoms with Crippen molar-refractivity contribution >= 4 is 28.9 Å². The lowest BCUT2D eigenvalue weighted by Crippen LogP contribution is -1.92. The van der Waals surface area contributed by atoms with Crippen LogP contribution in [0.5, 0.6) is 11.5 Å². The van der Waals surface area contributed by atoms with Crippen LogP contribution < -0.4 is 10.5 Å². The van der Waals surface area contributed by atoms with Gasteiger partial charge in [-0.1, -0.05) is 29.3 Å². The summed E-state index contributed by atoms with van der Waals surface area (Å²) >= 11 is 11.7. The molecule has 0 saturated heterocycles. The van der Waals surface area contributed by atoms with Crippen LogP contribution in [0.2, 0.25) is 10.0 Å². The second-order valence-corrected chi connectivity index (χ2v) is 4.13. The Kier molecular flexibility index (Phi) is 3.41. The van der Waals surface area contributed by atoms with Gasteiger partial charge in [0.1, 0.15) is 10.8 Å². The molecule has 0 radical (unpaired) electrons. The van der Waals surface area contributed by atoms with E-state index in [2.05, 4.69) is 0 Å². The number of benzene rings is 2. The maximum atomic E-state index is 13.5. The quantitative estimate of drug-likeness (QED) is 0.816. The van der Waals surface area contributed by atoms with Crippen LogP contribution in [0.25, 0.3) is 0 Å². The van der Waals surface area contributed by atoms with E-state index in [4.69, 9.17) is 33.7 Å². The van der Waals surface area contributed by atoms with Crippen LogP contribution in [0.3, 0.4) is 0 Å². The minimum atomic E-state index is -0.555. The predicted molar refractivity (Wildman–Crippen MR) is 67.3 cm³/mol. The van der Waals surface area contributed by atoms with Crippen LogP contribution in [0.15, 0.2) is 36.4 Å². The highest BCUT2D eigenvalue weighted by atomic mass is 35.5. The first-order valence-corrected chi connectivity index (χ1v) is 5.50. The molecule has 0 saturated carbocycles. The number of rotatable bonds is 2. The molecular weight excluding hydrogens is 264 g/mol. The Labute approximate surface area is 108 Å². The normalized spacial score (nSPS) is 10.3. The molecule has 0 aliphatic heterocycles. The number of anilines is 1. The molecule has 2 nitrogen and oxygen atoms in total. The average Bonchev–Trinajstić information content (AvgIpc) is 2.28. The largest absolute Gasteiger partial charge is 0.453 e. The Morgan fingerprint density at radius 3 is 2.53 bits per heavy atom. The van der Waals surface area contributed by atoms with Crippen molar-refractivity contribution in [3.05, 3.63) is 52.3 Å². The topological polar surface area (TPSA) is 35.2 Å². The Morgan fingerprint density at radius 1 is 1.06 bits per heavy atom. The number of hydrogen-bond acceptors (Lipinski definition) is 2. The Hall–Kier alpha value is -1.45. The van der Waals surface area contributed by atoms with Crippen molar-refractivity contribution in [3.8, 4) is 11.5 Å². The SMILES string of the molecule is Nc1ccc(Oc2cccc(Cl)c2Cl)c(F)c1. The van der Waals surface area contributed by atoms with Gasteiger partial charge in [0.2, 0.25) is 0 Å². The van der Waals surface area contributed by atoms with Gasteiger partial charge in [-0.2, -0.15) is 0 Å². The second-order valence-electron chi connectivity index (χ2n) is 3.34. The summed E-state index contributed by atoms with van der Waals surface area (Å²) in [5.41, 5.74) is 5.76. The fourth-order valence-electron chi connectivity index (χ4n) is 1.28. The fraction of sp³-hybridized carbons (Fsp3) is 0. The molecular formula is C12H8Cl2FNO. The highest BCUT2D eigenvalue weighted by molar-refractivity contribution is 6.42. The van der Waals surface area contributed by atoms with E-state index in [0.29, 0.717) is 16.5 Å². The van der Waals surface area contributed by atoms with Crippen LogP contribution in [-0.2, 0) is 0 Å².